The Hall–Kier alpha value is -5.29. The van der Waals surface area contributed by atoms with Crippen molar-refractivity contribution in [2.75, 3.05) is 32.2 Å². The van der Waals surface area contributed by atoms with Gasteiger partial charge in [-0.15, -0.1) is 0 Å². The van der Waals surface area contributed by atoms with Crippen LogP contribution in [-0.4, -0.2) is 42.4 Å². The molecule has 5 aromatic rings. The van der Waals surface area contributed by atoms with Crippen molar-refractivity contribution < 1.29 is 32.9 Å². The lowest BCUT2D eigenvalue weighted by atomic mass is 10.1. The molecule has 1 aliphatic heterocycles. The minimum absolute atomic E-state index is 0.0635. The Morgan fingerprint density at radius 3 is 2.52 bits per heavy atom. The van der Waals surface area contributed by atoms with E-state index in [2.05, 4.69) is 10.3 Å². The number of hydrogen-bond acceptors (Lipinski definition) is 8. The zero-order chi connectivity index (χ0) is 30.8. The molecule has 0 atom stereocenters. The molecule has 0 unspecified atom stereocenters. The molecule has 1 N–H and O–H groups in total. The van der Waals surface area contributed by atoms with E-state index in [0.29, 0.717) is 65.2 Å². The van der Waals surface area contributed by atoms with E-state index in [0.717, 1.165) is 0 Å². The Morgan fingerprint density at radius 1 is 1.02 bits per heavy atom. The first kappa shape index (κ1) is 28.8. The summed E-state index contributed by atoms with van der Waals surface area (Å²) in [4.78, 5) is 31.1. The lowest BCUT2D eigenvalue weighted by molar-refractivity contribution is 0.102. The van der Waals surface area contributed by atoms with Crippen LogP contribution in [0.2, 0.25) is 5.02 Å². The van der Waals surface area contributed by atoms with Crippen LogP contribution in [-0.2, 0) is 0 Å². The van der Waals surface area contributed by atoms with Gasteiger partial charge in [-0.1, -0.05) is 11.6 Å². The molecular weight excluding hydrogens is 593 g/mol. The van der Waals surface area contributed by atoms with Gasteiger partial charge in [0.2, 0.25) is 5.75 Å². The van der Waals surface area contributed by atoms with Crippen LogP contribution in [0.4, 0.5) is 10.1 Å². The van der Waals surface area contributed by atoms with Gasteiger partial charge in [0.05, 0.1) is 35.3 Å². The van der Waals surface area contributed by atoms with Crippen molar-refractivity contribution in [1.29, 1.82) is 0 Å². The highest BCUT2D eigenvalue weighted by Crippen LogP contribution is 2.48. The molecule has 3 aromatic carbocycles. The van der Waals surface area contributed by atoms with Crippen molar-refractivity contribution in [1.82, 2.24) is 9.55 Å². The number of aromatic nitrogens is 2. The Balaban J connectivity index is 1.29. The maximum atomic E-state index is 13.4. The highest BCUT2D eigenvalue weighted by molar-refractivity contribution is 6.34. The molecule has 0 radical (unpaired) electrons. The van der Waals surface area contributed by atoms with Crippen molar-refractivity contribution in [3.63, 3.8) is 0 Å². The predicted octanol–water partition coefficient (Wildman–Crippen LogP) is 6.40. The number of benzene rings is 3. The second-order valence-electron chi connectivity index (χ2n) is 9.47. The average molecular weight is 618 g/mol. The molecule has 224 valence electrons. The summed E-state index contributed by atoms with van der Waals surface area (Å²) in [6, 6.07) is 14.9. The molecule has 1 aliphatic rings. The second kappa shape index (κ2) is 12.1. The van der Waals surface area contributed by atoms with Crippen LogP contribution >= 0.6 is 11.6 Å². The Labute approximate surface area is 255 Å². The Kier molecular flexibility index (Phi) is 7.95. The monoisotopic (exact) mass is 617 g/mol. The smallest absolute Gasteiger partial charge is 0.271 e. The number of anilines is 1. The quantitative estimate of drug-likeness (QED) is 0.213. The largest absolute Gasteiger partial charge is 0.496 e. The number of halogens is 2. The number of ether oxygens (including phenoxy) is 5. The van der Waals surface area contributed by atoms with Crippen molar-refractivity contribution in [2.45, 2.75) is 6.92 Å². The first-order valence-corrected chi connectivity index (χ1v) is 13.9. The minimum Gasteiger partial charge on any atom is -0.496 e. The van der Waals surface area contributed by atoms with Gasteiger partial charge >= 0.3 is 0 Å². The zero-order valence-corrected chi connectivity index (χ0v) is 24.3. The molecule has 44 heavy (non-hydrogen) atoms. The number of nitrogens with zero attached hydrogens (tertiary/aromatic N) is 2. The normalized spacial score (nSPS) is 12.1. The molecule has 2 aromatic heterocycles. The number of hydrogen-bond donors (Lipinski definition) is 1. The van der Waals surface area contributed by atoms with Gasteiger partial charge in [0, 0.05) is 30.2 Å². The third-order valence-corrected chi connectivity index (χ3v) is 7.08. The highest BCUT2D eigenvalue weighted by atomic mass is 35.5. The van der Waals surface area contributed by atoms with Gasteiger partial charge < -0.3 is 29.0 Å². The summed E-state index contributed by atoms with van der Waals surface area (Å²) >= 11 is 6.55. The van der Waals surface area contributed by atoms with E-state index in [1.807, 2.05) is 6.92 Å². The molecule has 3 heterocycles. The van der Waals surface area contributed by atoms with Crippen LogP contribution in [0.5, 0.6) is 34.5 Å². The maximum absolute atomic E-state index is 13.4. The number of pyridine rings is 2. The molecule has 0 saturated carbocycles. The third-order valence-electron chi connectivity index (χ3n) is 6.77. The van der Waals surface area contributed by atoms with Gasteiger partial charge in [0.25, 0.3) is 11.5 Å². The van der Waals surface area contributed by atoms with Crippen LogP contribution in [0, 0.1) is 5.82 Å². The number of carbonyl (C=O) groups excluding carboxylic acids is 1. The van der Waals surface area contributed by atoms with E-state index in [9.17, 15) is 14.0 Å². The van der Waals surface area contributed by atoms with Crippen LogP contribution in [0.1, 0.15) is 17.3 Å². The van der Waals surface area contributed by atoms with Gasteiger partial charge in [-0.05, 0) is 55.5 Å². The van der Waals surface area contributed by atoms with Crippen LogP contribution in [0.3, 0.4) is 0 Å². The maximum Gasteiger partial charge on any atom is 0.271 e. The number of amides is 1. The summed E-state index contributed by atoms with van der Waals surface area (Å²) in [5.41, 5.74) is 0.295. The van der Waals surface area contributed by atoms with Gasteiger partial charge in [-0.3, -0.25) is 19.1 Å². The molecule has 0 aliphatic carbocycles. The van der Waals surface area contributed by atoms with Gasteiger partial charge in [0.1, 0.15) is 41.8 Å². The summed E-state index contributed by atoms with van der Waals surface area (Å²) in [7, 11) is 1.35. The Morgan fingerprint density at radius 2 is 1.80 bits per heavy atom. The standard InChI is InChI=1S/C32H25ClFN3O7/c1-3-41-26-17-23-27(30-29(26)42-14-15-43-30)25(10-12-35-23)44-20-8-9-22(21(33)16-20)36-31(38)28-24(40-2)11-13-37(32(28)39)19-6-4-18(34)5-7-19/h4-13,16-17H,3,14-15H2,1-2H3,(H,36,38). The van der Waals surface area contributed by atoms with Crippen LogP contribution < -0.4 is 34.6 Å². The summed E-state index contributed by atoms with van der Waals surface area (Å²) in [6.07, 6.45) is 3.05. The molecule has 6 rings (SSSR count). The number of nitrogens with one attached hydrogen (secondary N) is 1. The van der Waals surface area contributed by atoms with E-state index in [1.54, 1.807) is 30.5 Å². The first-order chi connectivity index (χ1) is 21.4. The number of fused-ring (bicyclic) bond motifs is 3. The lowest BCUT2D eigenvalue weighted by Gasteiger charge is -2.23. The van der Waals surface area contributed by atoms with E-state index in [1.165, 1.54) is 54.3 Å². The molecule has 0 bridgehead atoms. The van der Waals surface area contributed by atoms with Crippen molar-refractivity contribution in [3.05, 3.63) is 99.8 Å². The number of rotatable bonds is 8. The Bertz CT molecular complexity index is 1950. The summed E-state index contributed by atoms with van der Waals surface area (Å²) in [5, 5.41) is 3.43. The van der Waals surface area contributed by atoms with E-state index >= 15 is 0 Å². The fourth-order valence-corrected chi connectivity index (χ4v) is 5.02. The summed E-state index contributed by atoms with van der Waals surface area (Å²) in [5.74, 6) is 1.17. The van der Waals surface area contributed by atoms with Crippen molar-refractivity contribution in [3.8, 4) is 40.2 Å². The fraction of sp³-hybridized carbons (Fsp3) is 0.156. The first-order valence-electron chi connectivity index (χ1n) is 13.6. The van der Waals surface area contributed by atoms with E-state index in [-0.39, 0.29) is 22.0 Å². The van der Waals surface area contributed by atoms with Crippen LogP contribution in [0.15, 0.2) is 77.9 Å². The zero-order valence-electron chi connectivity index (χ0n) is 23.6. The number of carbonyl (C=O) groups is 1. The molecule has 0 spiro atoms. The van der Waals surface area contributed by atoms with Crippen LogP contribution in [0.25, 0.3) is 16.6 Å². The fourth-order valence-electron chi connectivity index (χ4n) is 4.80. The van der Waals surface area contributed by atoms with Gasteiger partial charge in [-0.2, -0.15) is 0 Å². The minimum atomic E-state index is -0.743. The van der Waals surface area contributed by atoms with Gasteiger partial charge in [0.15, 0.2) is 11.5 Å². The summed E-state index contributed by atoms with van der Waals surface area (Å²) in [6.45, 7) is 3.06. The van der Waals surface area contributed by atoms with Crippen molar-refractivity contribution in [2.24, 2.45) is 0 Å². The van der Waals surface area contributed by atoms with Gasteiger partial charge in [-0.25, -0.2) is 4.39 Å². The summed E-state index contributed by atoms with van der Waals surface area (Å²) < 4.78 is 43.7. The molecule has 10 nitrogen and oxygen atoms in total. The third kappa shape index (κ3) is 5.45. The van der Waals surface area contributed by atoms with Crippen molar-refractivity contribution >= 4 is 34.1 Å². The molecule has 1 amide bonds. The second-order valence-corrected chi connectivity index (χ2v) is 9.88. The molecular formula is C32H25ClFN3O7. The number of methoxy groups -OCH3 is 1. The molecule has 0 fully saturated rings. The van der Waals surface area contributed by atoms with E-state index < -0.39 is 17.3 Å². The predicted molar refractivity (Wildman–Crippen MR) is 162 cm³/mol. The lowest BCUT2D eigenvalue weighted by Crippen LogP contribution is -2.29. The topological polar surface area (TPSA) is 110 Å². The SMILES string of the molecule is CCOc1cc2nccc(Oc3ccc(NC(=O)c4c(OC)ccn(-c5ccc(F)cc5)c4=O)c(Cl)c3)c2c2c1OCCO2. The average Bonchev–Trinajstić information content (AvgIpc) is 3.03. The molecule has 12 heteroatoms. The molecule has 0 saturated heterocycles. The van der Waals surface area contributed by atoms with E-state index in [4.69, 9.17) is 35.3 Å². The highest BCUT2D eigenvalue weighted by Gasteiger charge is 2.25.